The summed E-state index contributed by atoms with van der Waals surface area (Å²) in [5, 5.41) is 8.45. The van der Waals surface area contributed by atoms with Crippen molar-refractivity contribution < 1.29 is 9.00 Å². The minimum atomic E-state index is -1.50. The van der Waals surface area contributed by atoms with Crippen LogP contribution in [0.2, 0.25) is 10.0 Å². The van der Waals surface area contributed by atoms with E-state index >= 15 is 0 Å². The zero-order valence-electron chi connectivity index (χ0n) is 16.8. The van der Waals surface area contributed by atoms with Gasteiger partial charge in [0.05, 0.1) is 32.1 Å². The molecule has 0 aliphatic carbocycles. The van der Waals surface area contributed by atoms with Gasteiger partial charge in [-0.25, -0.2) is 4.68 Å². The number of halogens is 3. The Labute approximate surface area is 196 Å². The van der Waals surface area contributed by atoms with E-state index in [1.165, 1.54) is 6.26 Å². The summed E-state index contributed by atoms with van der Waals surface area (Å²) in [5.74, 6) is -0.408. The van der Waals surface area contributed by atoms with Gasteiger partial charge in [-0.2, -0.15) is 5.10 Å². The lowest BCUT2D eigenvalue weighted by Crippen LogP contribution is -2.41. The van der Waals surface area contributed by atoms with Gasteiger partial charge >= 0.3 is 0 Å². The highest BCUT2D eigenvalue weighted by Crippen LogP contribution is 2.35. The van der Waals surface area contributed by atoms with Gasteiger partial charge in [-0.15, -0.1) is 0 Å². The van der Waals surface area contributed by atoms with Crippen molar-refractivity contribution in [2.45, 2.75) is 31.2 Å². The number of carbonyl (C=O) groups excluding carboxylic acids is 1. The Morgan fingerprint density at radius 3 is 2.30 bits per heavy atom. The van der Waals surface area contributed by atoms with Gasteiger partial charge in [0, 0.05) is 26.9 Å². The molecule has 1 heterocycles. The first-order valence-electron chi connectivity index (χ1n) is 8.98. The number of nitrogens with zero attached hydrogens (tertiary/aromatic N) is 2. The molecule has 0 aliphatic heterocycles. The Hall–Kier alpha value is -1.67. The molecule has 3 rings (SSSR count). The van der Waals surface area contributed by atoms with Gasteiger partial charge in [0.25, 0.3) is 5.91 Å². The highest BCUT2D eigenvalue weighted by atomic mass is 79.9. The molecule has 1 unspecified atom stereocenters. The lowest BCUT2D eigenvalue weighted by atomic mass is 10.1. The molecule has 1 N–H and O–H groups in total. The zero-order chi connectivity index (χ0) is 22.2. The van der Waals surface area contributed by atoms with E-state index in [9.17, 15) is 9.00 Å². The molecule has 9 heteroatoms. The van der Waals surface area contributed by atoms with Crippen LogP contribution in [-0.4, -0.2) is 31.7 Å². The summed E-state index contributed by atoms with van der Waals surface area (Å²) >= 11 is 15.9. The normalized spacial score (nSPS) is 12.6. The number of benzene rings is 2. The van der Waals surface area contributed by atoms with Crippen LogP contribution in [0.15, 0.2) is 51.8 Å². The number of hydrogen-bond donors (Lipinski definition) is 1. The summed E-state index contributed by atoms with van der Waals surface area (Å²) in [6, 6.07) is 12.4. The molecule has 1 atom stereocenters. The molecule has 0 bridgehead atoms. The molecule has 1 amide bonds. The average molecular weight is 529 g/mol. The zero-order valence-corrected chi connectivity index (χ0v) is 20.7. The summed E-state index contributed by atoms with van der Waals surface area (Å²) in [7, 11) is -1.50. The quantitative estimate of drug-likeness (QED) is 0.460. The van der Waals surface area contributed by atoms with E-state index in [-0.39, 0.29) is 5.69 Å². The van der Waals surface area contributed by atoms with Crippen LogP contribution in [-0.2, 0) is 10.8 Å². The number of rotatable bonds is 4. The Kier molecular flexibility index (Phi) is 6.77. The van der Waals surface area contributed by atoms with E-state index in [4.69, 9.17) is 23.2 Å². The van der Waals surface area contributed by atoms with Crippen LogP contribution >= 0.6 is 39.1 Å². The van der Waals surface area contributed by atoms with E-state index < -0.39 is 22.2 Å². The van der Waals surface area contributed by atoms with E-state index in [0.717, 1.165) is 4.47 Å². The van der Waals surface area contributed by atoms with Crippen molar-refractivity contribution in [3.63, 3.8) is 0 Å². The maximum atomic E-state index is 13.0. The summed E-state index contributed by atoms with van der Waals surface area (Å²) in [6.45, 7) is 5.61. The first-order valence-corrected chi connectivity index (χ1v) is 12.1. The average Bonchev–Trinajstić information content (AvgIpc) is 3.01. The SMILES string of the molecule is CS(=O)c1c(C(=O)NC(C)(C)C)nn(-c2ccc(Br)cc2Cl)c1-c1ccc(Cl)cc1. The molecule has 0 spiro atoms. The van der Waals surface area contributed by atoms with E-state index in [0.29, 0.717) is 31.9 Å². The smallest absolute Gasteiger partial charge is 0.273 e. The fourth-order valence-electron chi connectivity index (χ4n) is 2.91. The molecule has 1 aromatic heterocycles. The van der Waals surface area contributed by atoms with Crippen molar-refractivity contribution in [1.82, 2.24) is 15.1 Å². The number of aromatic nitrogens is 2. The summed E-state index contributed by atoms with van der Waals surface area (Å²) in [4.78, 5) is 13.4. The van der Waals surface area contributed by atoms with Gasteiger partial charge in [0.1, 0.15) is 0 Å². The van der Waals surface area contributed by atoms with E-state index in [1.807, 2.05) is 26.8 Å². The molecule has 0 saturated heterocycles. The van der Waals surface area contributed by atoms with Crippen molar-refractivity contribution in [2.24, 2.45) is 0 Å². The van der Waals surface area contributed by atoms with Gasteiger partial charge in [-0.05, 0) is 51.1 Å². The second-order valence-electron chi connectivity index (χ2n) is 7.70. The predicted octanol–water partition coefficient (Wildman–Crippen LogP) is 5.87. The largest absolute Gasteiger partial charge is 0.346 e. The summed E-state index contributed by atoms with van der Waals surface area (Å²) in [6.07, 6.45) is 1.53. The van der Waals surface area contributed by atoms with Crippen molar-refractivity contribution in [3.8, 4) is 16.9 Å². The first-order chi connectivity index (χ1) is 14.0. The molecule has 0 aliphatic rings. The molecule has 3 aromatic rings. The van der Waals surface area contributed by atoms with Crippen molar-refractivity contribution in [3.05, 3.63) is 62.7 Å². The highest BCUT2D eigenvalue weighted by Gasteiger charge is 2.29. The van der Waals surface area contributed by atoms with Crippen LogP contribution in [0, 0.1) is 0 Å². The topological polar surface area (TPSA) is 64.0 Å². The first kappa shape index (κ1) is 23.0. The lowest BCUT2D eigenvalue weighted by molar-refractivity contribution is 0.0911. The molecule has 2 aromatic carbocycles. The number of nitrogens with one attached hydrogen (secondary N) is 1. The van der Waals surface area contributed by atoms with Crippen molar-refractivity contribution >= 4 is 55.8 Å². The maximum absolute atomic E-state index is 13.0. The highest BCUT2D eigenvalue weighted by molar-refractivity contribution is 9.10. The third-order valence-corrected chi connectivity index (χ3v) is 6.10. The molecule has 0 saturated carbocycles. The van der Waals surface area contributed by atoms with Crippen LogP contribution in [0.5, 0.6) is 0 Å². The fraction of sp³-hybridized carbons (Fsp3) is 0.238. The van der Waals surface area contributed by atoms with Gasteiger partial charge in [-0.3, -0.25) is 9.00 Å². The predicted molar refractivity (Wildman–Crippen MR) is 126 cm³/mol. The second kappa shape index (κ2) is 8.83. The van der Waals surface area contributed by atoms with Gasteiger partial charge in [-0.1, -0.05) is 51.3 Å². The van der Waals surface area contributed by atoms with Crippen LogP contribution in [0.25, 0.3) is 16.9 Å². The van der Waals surface area contributed by atoms with Crippen molar-refractivity contribution in [1.29, 1.82) is 0 Å². The van der Waals surface area contributed by atoms with Gasteiger partial charge < -0.3 is 5.32 Å². The molecule has 30 heavy (non-hydrogen) atoms. The lowest BCUT2D eigenvalue weighted by Gasteiger charge is -2.19. The third kappa shape index (κ3) is 4.97. The number of amides is 1. The Balaban J connectivity index is 2.34. The van der Waals surface area contributed by atoms with Crippen LogP contribution < -0.4 is 5.32 Å². The minimum Gasteiger partial charge on any atom is -0.346 e. The van der Waals surface area contributed by atoms with Crippen LogP contribution in [0.3, 0.4) is 0 Å². The molecule has 158 valence electrons. The Bertz CT molecular complexity index is 1140. The Morgan fingerprint density at radius 1 is 1.13 bits per heavy atom. The molecule has 5 nitrogen and oxygen atoms in total. The Morgan fingerprint density at radius 2 is 1.77 bits per heavy atom. The van der Waals surface area contributed by atoms with E-state index in [2.05, 4.69) is 26.3 Å². The molecule has 0 fully saturated rings. The minimum absolute atomic E-state index is 0.0923. The van der Waals surface area contributed by atoms with Crippen LogP contribution in [0.4, 0.5) is 0 Å². The van der Waals surface area contributed by atoms with Gasteiger partial charge in [0.2, 0.25) is 0 Å². The maximum Gasteiger partial charge on any atom is 0.273 e. The molecular weight excluding hydrogens is 509 g/mol. The number of carbonyl (C=O) groups is 1. The molecular formula is C21H20BrCl2N3O2S. The summed E-state index contributed by atoms with van der Waals surface area (Å²) < 4.78 is 15.2. The molecule has 0 radical (unpaired) electrons. The van der Waals surface area contributed by atoms with E-state index in [1.54, 1.807) is 41.1 Å². The second-order valence-corrected chi connectivity index (χ2v) is 10.8. The third-order valence-electron chi connectivity index (χ3n) is 4.09. The number of hydrogen-bond acceptors (Lipinski definition) is 3. The fourth-order valence-corrected chi connectivity index (χ4v) is 4.67. The van der Waals surface area contributed by atoms with Crippen molar-refractivity contribution in [2.75, 3.05) is 6.26 Å². The summed E-state index contributed by atoms with van der Waals surface area (Å²) in [5.41, 5.74) is 1.41. The van der Waals surface area contributed by atoms with Gasteiger partial charge in [0.15, 0.2) is 5.69 Å². The standard InChI is InChI=1S/C21H20BrCl2N3O2S/c1-21(2,3)25-20(28)17-19(30(4)29)18(12-5-8-14(23)9-6-12)27(26-17)16-10-7-13(22)11-15(16)24/h5-11H,1-4H3,(H,25,28). The monoisotopic (exact) mass is 527 g/mol. The van der Waals surface area contributed by atoms with Crippen LogP contribution in [0.1, 0.15) is 31.3 Å².